The number of pyridine rings is 1. The van der Waals surface area contributed by atoms with Crippen LogP contribution >= 0.6 is 23.1 Å². The second-order valence-corrected chi connectivity index (χ2v) is 10.7. The average molecular weight is 466 g/mol. The highest BCUT2D eigenvalue weighted by Gasteiger charge is 2.27. The van der Waals surface area contributed by atoms with Crippen molar-refractivity contribution in [3.05, 3.63) is 38.9 Å². The first-order valence-electron chi connectivity index (χ1n) is 11.2. The van der Waals surface area contributed by atoms with E-state index in [1.165, 1.54) is 35.1 Å². The van der Waals surface area contributed by atoms with Crippen LogP contribution in [-0.2, 0) is 30.6 Å². The summed E-state index contributed by atoms with van der Waals surface area (Å²) in [5.41, 5.74) is 4.47. The predicted molar refractivity (Wildman–Crippen MR) is 128 cm³/mol. The number of thioether (sulfide) groups is 1. The first kappa shape index (κ1) is 22.8. The maximum Gasteiger partial charge on any atom is 0.238 e. The number of nitrogens with one attached hydrogen (secondary N) is 1. The Hall–Kier alpha value is -2.39. The number of anilines is 1. The summed E-state index contributed by atoms with van der Waals surface area (Å²) < 4.78 is 0. The third kappa shape index (κ3) is 4.68. The summed E-state index contributed by atoms with van der Waals surface area (Å²) >= 11 is 2.87. The van der Waals surface area contributed by atoms with Crippen LogP contribution < -0.4 is 5.32 Å². The third-order valence-corrected chi connectivity index (χ3v) is 8.65. The van der Waals surface area contributed by atoms with Gasteiger partial charge in [0.15, 0.2) is 0 Å². The van der Waals surface area contributed by atoms with Gasteiger partial charge in [0.1, 0.15) is 22.2 Å². The molecule has 1 atom stereocenters. The van der Waals surface area contributed by atoms with E-state index in [0.717, 1.165) is 61.3 Å². The molecule has 0 saturated carbocycles. The molecule has 6 nitrogen and oxygen atoms in total. The average Bonchev–Trinajstić information content (AvgIpc) is 2.96. The second-order valence-electron chi connectivity index (χ2n) is 8.43. The molecule has 2 aromatic heterocycles. The minimum Gasteiger partial charge on any atom is -0.316 e. The molecule has 1 amide bonds. The van der Waals surface area contributed by atoms with Gasteiger partial charge < -0.3 is 10.2 Å². The SMILES string of the molecule is CCC(Sc1nc2c(cc1C#N)CCCCC2)C(=O)Nc1sc2c(c1C#N)CCN(C)C2. The molecular weight excluding hydrogens is 438 g/mol. The van der Waals surface area contributed by atoms with E-state index in [1.54, 1.807) is 0 Å². The zero-order valence-corrected chi connectivity index (χ0v) is 20.2. The van der Waals surface area contributed by atoms with E-state index in [2.05, 4.69) is 29.4 Å². The van der Waals surface area contributed by atoms with Crippen LogP contribution in [-0.4, -0.2) is 34.6 Å². The maximum absolute atomic E-state index is 13.2. The van der Waals surface area contributed by atoms with Gasteiger partial charge in [-0.25, -0.2) is 4.98 Å². The van der Waals surface area contributed by atoms with Crippen molar-refractivity contribution in [2.45, 2.75) is 68.7 Å². The number of thiophene rings is 1. The van der Waals surface area contributed by atoms with Gasteiger partial charge in [-0.15, -0.1) is 11.3 Å². The number of nitriles is 2. The first-order chi connectivity index (χ1) is 15.5. The van der Waals surface area contributed by atoms with Crippen LogP contribution in [0.15, 0.2) is 11.1 Å². The maximum atomic E-state index is 13.2. The number of amides is 1. The third-order valence-electron chi connectivity index (χ3n) is 6.15. The van der Waals surface area contributed by atoms with Crippen LogP contribution in [0.5, 0.6) is 0 Å². The number of aryl methyl sites for hydroxylation is 2. The molecule has 0 fully saturated rings. The van der Waals surface area contributed by atoms with Crippen molar-refractivity contribution in [3.63, 3.8) is 0 Å². The monoisotopic (exact) mass is 465 g/mol. The molecule has 166 valence electrons. The number of carbonyl (C=O) groups excluding carboxylic acids is 1. The number of carbonyl (C=O) groups is 1. The Balaban J connectivity index is 1.55. The van der Waals surface area contributed by atoms with E-state index in [9.17, 15) is 15.3 Å². The highest BCUT2D eigenvalue weighted by Crippen LogP contribution is 2.37. The fourth-order valence-corrected chi connectivity index (χ4v) is 6.63. The standard InChI is InChI=1S/C24H27N5OS2/c1-3-20(31-23-16(12-25)11-15-7-5-4-6-8-19(15)27-23)22(30)28-24-18(13-26)17-9-10-29(2)14-21(17)32-24/h11,20H,3-10,14H2,1-2H3,(H,28,30). The lowest BCUT2D eigenvalue weighted by Crippen LogP contribution is -2.25. The van der Waals surface area contributed by atoms with E-state index >= 15 is 0 Å². The molecule has 3 heterocycles. The van der Waals surface area contributed by atoms with Gasteiger partial charge in [-0.1, -0.05) is 25.1 Å². The van der Waals surface area contributed by atoms with Crippen LogP contribution in [0.25, 0.3) is 0 Å². The molecule has 4 rings (SSSR count). The molecular formula is C24H27N5OS2. The summed E-state index contributed by atoms with van der Waals surface area (Å²) in [4.78, 5) is 21.4. The summed E-state index contributed by atoms with van der Waals surface area (Å²) in [5, 5.41) is 23.3. The van der Waals surface area contributed by atoms with Crippen molar-refractivity contribution in [3.8, 4) is 12.1 Å². The Labute approximate surface area is 197 Å². The molecule has 8 heteroatoms. The lowest BCUT2D eigenvalue weighted by molar-refractivity contribution is -0.115. The second kappa shape index (κ2) is 10.0. The van der Waals surface area contributed by atoms with E-state index < -0.39 is 0 Å². The highest BCUT2D eigenvalue weighted by molar-refractivity contribution is 8.00. The van der Waals surface area contributed by atoms with Crippen LogP contribution in [0.4, 0.5) is 5.00 Å². The number of nitrogens with zero attached hydrogens (tertiary/aromatic N) is 4. The van der Waals surface area contributed by atoms with Crippen molar-refractivity contribution in [2.24, 2.45) is 0 Å². The largest absolute Gasteiger partial charge is 0.316 e. The lowest BCUT2D eigenvalue weighted by Gasteiger charge is -2.21. The summed E-state index contributed by atoms with van der Waals surface area (Å²) in [6.45, 7) is 3.69. The Morgan fingerprint density at radius 3 is 2.84 bits per heavy atom. The quantitative estimate of drug-likeness (QED) is 0.510. The van der Waals surface area contributed by atoms with Crippen molar-refractivity contribution < 1.29 is 4.79 Å². The molecule has 1 N–H and O–H groups in total. The first-order valence-corrected chi connectivity index (χ1v) is 12.9. The minimum atomic E-state index is -0.383. The van der Waals surface area contributed by atoms with Crippen LogP contribution in [0.2, 0.25) is 0 Å². The van der Waals surface area contributed by atoms with Crippen LogP contribution in [0.3, 0.4) is 0 Å². The van der Waals surface area contributed by atoms with E-state index in [0.29, 0.717) is 27.6 Å². The molecule has 0 aromatic carbocycles. The molecule has 2 aliphatic rings. The van der Waals surface area contributed by atoms with E-state index in [4.69, 9.17) is 4.98 Å². The van der Waals surface area contributed by atoms with Gasteiger partial charge in [-0.3, -0.25) is 4.79 Å². The number of aromatic nitrogens is 1. The van der Waals surface area contributed by atoms with E-state index in [1.807, 2.05) is 13.0 Å². The fraction of sp³-hybridized carbons (Fsp3) is 0.500. The predicted octanol–water partition coefficient (Wildman–Crippen LogP) is 4.65. The number of rotatable bonds is 5. The Morgan fingerprint density at radius 1 is 1.28 bits per heavy atom. The van der Waals surface area contributed by atoms with Gasteiger partial charge >= 0.3 is 0 Å². The van der Waals surface area contributed by atoms with Crippen LogP contribution in [0, 0.1) is 22.7 Å². The van der Waals surface area contributed by atoms with Gasteiger partial charge in [0, 0.05) is 23.7 Å². The molecule has 0 radical (unpaired) electrons. The number of likely N-dealkylation sites (N-methyl/N-ethyl adjacent to an activating group) is 1. The van der Waals surface area contributed by atoms with Crippen molar-refractivity contribution >= 4 is 34.0 Å². The van der Waals surface area contributed by atoms with Gasteiger partial charge in [0.05, 0.1) is 16.4 Å². The molecule has 32 heavy (non-hydrogen) atoms. The van der Waals surface area contributed by atoms with Gasteiger partial charge in [-0.05, 0) is 62.8 Å². The van der Waals surface area contributed by atoms with Crippen LogP contribution in [0.1, 0.15) is 65.4 Å². The topological polar surface area (TPSA) is 92.8 Å². The minimum absolute atomic E-state index is 0.137. The van der Waals surface area contributed by atoms with Crippen molar-refractivity contribution in [1.82, 2.24) is 9.88 Å². The molecule has 1 aliphatic heterocycles. The Morgan fingerprint density at radius 2 is 2.09 bits per heavy atom. The lowest BCUT2D eigenvalue weighted by atomic mass is 10.0. The normalized spacial score (nSPS) is 16.8. The molecule has 2 aromatic rings. The number of fused-ring (bicyclic) bond motifs is 2. The molecule has 1 unspecified atom stereocenters. The van der Waals surface area contributed by atoms with Crippen molar-refractivity contribution in [1.29, 1.82) is 10.5 Å². The van der Waals surface area contributed by atoms with E-state index in [-0.39, 0.29) is 11.2 Å². The summed E-state index contributed by atoms with van der Waals surface area (Å²) in [6, 6.07) is 6.55. The molecule has 0 spiro atoms. The fourth-order valence-electron chi connectivity index (χ4n) is 4.35. The molecule has 0 saturated heterocycles. The highest BCUT2D eigenvalue weighted by atomic mass is 32.2. The smallest absolute Gasteiger partial charge is 0.238 e. The van der Waals surface area contributed by atoms with Gasteiger partial charge in [0.25, 0.3) is 0 Å². The number of hydrogen-bond donors (Lipinski definition) is 1. The summed E-state index contributed by atoms with van der Waals surface area (Å²) in [7, 11) is 2.07. The zero-order valence-electron chi connectivity index (χ0n) is 18.5. The summed E-state index contributed by atoms with van der Waals surface area (Å²) in [6.07, 6.45) is 6.76. The summed E-state index contributed by atoms with van der Waals surface area (Å²) in [5.74, 6) is -0.137. The zero-order chi connectivity index (χ0) is 22.7. The molecule has 0 bridgehead atoms. The van der Waals surface area contributed by atoms with Gasteiger partial charge in [-0.2, -0.15) is 10.5 Å². The number of hydrogen-bond acceptors (Lipinski definition) is 7. The molecule has 1 aliphatic carbocycles. The van der Waals surface area contributed by atoms with Gasteiger partial charge in [0.2, 0.25) is 5.91 Å². The van der Waals surface area contributed by atoms with Crippen molar-refractivity contribution in [2.75, 3.05) is 18.9 Å². The Kier molecular flexibility index (Phi) is 7.15. The Bertz CT molecular complexity index is 1110.